The van der Waals surface area contributed by atoms with Crippen molar-refractivity contribution in [3.63, 3.8) is 0 Å². The van der Waals surface area contributed by atoms with Gasteiger partial charge in [0.1, 0.15) is 21.8 Å². The molecule has 32 heavy (non-hydrogen) atoms. The van der Waals surface area contributed by atoms with E-state index in [1.807, 2.05) is 32.0 Å². The maximum absolute atomic E-state index is 11.0. The zero-order valence-electron chi connectivity index (χ0n) is 18.0. The number of carboxylic acids is 1. The van der Waals surface area contributed by atoms with Gasteiger partial charge in [0.25, 0.3) is 0 Å². The number of aromatic nitrogens is 2. The van der Waals surface area contributed by atoms with Crippen LogP contribution in [0, 0.1) is 11.3 Å². The van der Waals surface area contributed by atoms with Crippen LogP contribution in [0.4, 0.5) is 0 Å². The third kappa shape index (κ3) is 4.64. The van der Waals surface area contributed by atoms with Crippen molar-refractivity contribution in [3.8, 4) is 33.0 Å². The van der Waals surface area contributed by atoms with Crippen molar-refractivity contribution in [2.24, 2.45) is 0 Å². The topological polar surface area (TPSA) is 108 Å². The Morgan fingerprint density at radius 3 is 2.88 bits per heavy atom. The van der Waals surface area contributed by atoms with E-state index in [1.165, 1.54) is 16.9 Å². The molecule has 0 aliphatic heterocycles. The zero-order chi connectivity index (χ0) is 22.7. The summed E-state index contributed by atoms with van der Waals surface area (Å²) in [6.45, 7) is 3.79. The van der Waals surface area contributed by atoms with E-state index >= 15 is 0 Å². The molecular weight excluding hydrogens is 424 g/mol. The number of rotatable bonds is 7. The summed E-state index contributed by atoms with van der Waals surface area (Å²) in [6.07, 6.45) is 2.80. The first-order valence-corrected chi connectivity index (χ1v) is 11.4. The Morgan fingerprint density at radius 2 is 2.12 bits per heavy atom. The third-order valence-corrected chi connectivity index (χ3v) is 6.38. The Bertz CT molecular complexity index is 1180. The van der Waals surface area contributed by atoms with Crippen LogP contribution in [0.3, 0.4) is 0 Å². The lowest BCUT2D eigenvalue weighted by molar-refractivity contribution is -0.136. The fourth-order valence-corrected chi connectivity index (χ4v) is 4.92. The van der Waals surface area contributed by atoms with Gasteiger partial charge in [-0.3, -0.25) is 4.79 Å². The van der Waals surface area contributed by atoms with Gasteiger partial charge in [-0.2, -0.15) is 5.26 Å². The van der Waals surface area contributed by atoms with E-state index in [4.69, 9.17) is 9.84 Å². The predicted molar refractivity (Wildman–Crippen MR) is 123 cm³/mol. The van der Waals surface area contributed by atoms with Crippen molar-refractivity contribution in [2.45, 2.75) is 45.3 Å². The van der Waals surface area contributed by atoms with Gasteiger partial charge in [-0.1, -0.05) is 29.5 Å². The van der Waals surface area contributed by atoms with Crippen LogP contribution in [-0.4, -0.2) is 33.9 Å². The summed E-state index contributed by atoms with van der Waals surface area (Å²) in [7, 11) is 0. The molecule has 4 rings (SSSR count). The molecule has 0 saturated carbocycles. The Labute approximate surface area is 190 Å². The number of hydrogen-bond donors (Lipinski definition) is 2. The highest BCUT2D eigenvalue weighted by Crippen LogP contribution is 2.39. The van der Waals surface area contributed by atoms with Crippen molar-refractivity contribution in [3.05, 3.63) is 53.1 Å². The molecule has 1 aromatic heterocycles. The van der Waals surface area contributed by atoms with Crippen LogP contribution in [-0.2, 0) is 11.2 Å². The quantitative estimate of drug-likeness (QED) is 0.544. The maximum Gasteiger partial charge on any atom is 0.317 e. The van der Waals surface area contributed by atoms with Crippen molar-refractivity contribution in [1.82, 2.24) is 15.5 Å². The second kappa shape index (κ2) is 9.47. The highest BCUT2D eigenvalue weighted by molar-refractivity contribution is 7.17. The van der Waals surface area contributed by atoms with Crippen molar-refractivity contribution >= 4 is 17.3 Å². The van der Waals surface area contributed by atoms with Gasteiger partial charge in [0.2, 0.25) is 0 Å². The highest BCUT2D eigenvalue weighted by atomic mass is 32.1. The first-order valence-electron chi connectivity index (χ1n) is 10.6. The van der Waals surface area contributed by atoms with E-state index < -0.39 is 5.97 Å². The molecule has 1 heterocycles. The number of ether oxygens (including phenoxy) is 1. The third-order valence-electron chi connectivity index (χ3n) is 5.37. The molecule has 2 aromatic carbocycles. The zero-order valence-corrected chi connectivity index (χ0v) is 18.8. The Hall–Kier alpha value is -3.28. The predicted octanol–water partition coefficient (Wildman–Crippen LogP) is 4.58. The molecule has 3 aromatic rings. The number of nitrogens with one attached hydrogen (secondary N) is 1. The number of nitrogens with zero attached hydrogens (tertiary/aromatic N) is 3. The van der Waals surface area contributed by atoms with Crippen LogP contribution in [0.15, 0.2) is 36.4 Å². The minimum absolute atomic E-state index is 0.0147. The van der Waals surface area contributed by atoms with Crippen LogP contribution in [0.25, 0.3) is 21.1 Å². The van der Waals surface area contributed by atoms with Gasteiger partial charge >= 0.3 is 5.97 Å². The molecule has 2 N–H and O–H groups in total. The number of carbonyl (C=O) groups is 1. The molecular formula is C24H24N4O3S. The van der Waals surface area contributed by atoms with Crippen LogP contribution in [0.1, 0.15) is 49.4 Å². The van der Waals surface area contributed by atoms with Crippen molar-refractivity contribution < 1.29 is 14.6 Å². The monoisotopic (exact) mass is 448 g/mol. The first kappa shape index (κ1) is 21.9. The number of aliphatic carboxylic acids is 1. The average Bonchev–Trinajstić information content (AvgIpc) is 3.27. The normalized spacial score (nSPS) is 15.2. The summed E-state index contributed by atoms with van der Waals surface area (Å²) in [5.74, 6) is -0.295. The summed E-state index contributed by atoms with van der Waals surface area (Å²) >= 11 is 1.48. The standard InChI is InChI=1S/C24H24N4O3S/c1-14(2)31-21-10-9-15(11-16(21)12-25)23-27-28-24(32-23)19-7-3-6-18-17(19)5-4-8-20(18)26-13-22(29)30/h3,6-7,9-11,14,20,26H,4-5,8,13H2,1-2H3,(H,29,30)/t20-/m0/s1. The van der Waals surface area contributed by atoms with Crippen LogP contribution < -0.4 is 10.1 Å². The average molecular weight is 449 g/mol. The molecule has 7 nitrogen and oxygen atoms in total. The molecule has 0 saturated heterocycles. The molecule has 0 radical (unpaired) electrons. The van der Waals surface area contributed by atoms with E-state index in [0.717, 1.165) is 46.0 Å². The minimum atomic E-state index is -0.858. The molecule has 0 amide bonds. The summed E-state index contributed by atoms with van der Waals surface area (Å²) in [4.78, 5) is 11.0. The van der Waals surface area contributed by atoms with Gasteiger partial charge in [-0.25, -0.2) is 0 Å². The van der Waals surface area contributed by atoms with Gasteiger partial charge < -0.3 is 15.2 Å². The molecule has 1 aliphatic rings. The smallest absolute Gasteiger partial charge is 0.317 e. The molecule has 1 aliphatic carbocycles. The fourth-order valence-electron chi connectivity index (χ4n) is 4.03. The highest BCUT2D eigenvalue weighted by Gasteiger charge is 2.24. The second-order valence-corrected chi connectivity index (χ2v) is 8.97. The first-order chi connectivity index (χ1) is 15.5. The van der Waals surface area contributed by atoms with Gasteiger partial charge in [0, 0.05) is 17.2 Å². The Balaban J connectivity index is 1.64. The molecule has 8 heteroatoms. The van der Waals surface area contributed by atoms with Crippen molar-refractivity contribution in [1.29, 1.82) is 5.26 Å². The van der Waals surface area contributed by atoms with Gasteiger partial charge in [-0.05, 0) is 62.4 Å². The summed E-state index contributed by atoms with van der Waals surface area (Å²) in [5.41, 5.74) is 4.66. The molecule has 0 spiro atoms. The Morgan fingerprint density at radius 1 is 1.31 bits per heavy atom. The minimum Gasteiger partial charge on any atom is -0.490 e. The van der Waals surface area contributed by atoms with Crippen LogP contribution in [0.2, 0.25) is 0 Å². The van der Waals surface area contributed by atoms with E-state index in [0.29, 0.717) is 11.3 Å². The van der Waals surface area contributed by atoms with Gasteiger partial charge in [-0.15, -0.1) is 10.2 Å². The number of fused-ring (bicyclic) bond motifs is 1. The summed E-state index contributed by atoms with van der Waals surface area (Å²) in [5, 5.41) is 32.1. The SMILES string of the molecule is CC(C)Oc1ccc(-c2nnc(-c3cccc4c3CCC[C@@H]4NCC(=O)O)s2)cc1C#N. The van der Waals surface area contributed by atoms with E-state index in [-0.39, 0.29) is 18.7 Å². The molecule has 1 atom stereocenters. The summed E-state index contributed by atoms with van der Waals surface area (Å²) in [6, 6.07) is 13.8. The largest absolute Gasteiger partial charge is 0.490 e. The number of hydrogen-bond acceptors (Lipinski definition) is 7. The molecule has 164 valence electrons. The number of carboxylic acid groups (broad SMARTS) is 1. The van der Waals surface area contributed by atoms with E-state index in [9.17, 15) is 10.1 Å². The van der Waals surface area contributed by atoms with Crippen LogP contribution in [0.5, 0.6) is 5.75 Å². The maximum atomic E-state index is 11.0. The Kier molecular flexibility index (Phi) is 6.49. The summed E-state index contributed by atoms with van der Waals surface area (Å²) < 4.78 is 5.71. The second-order valence-electron chi connectivity index (χ2n) is 7.99. The lowest BCUT2D eigenvalue weighted by Crippen LogP contribution is -2.30. The van der Waals surface area contributed by atoms with Gasteiger partial charge in [0.05, 0.1) is 18.2 Å². The van der Waals surface area contributed by atoms with Crippen LogP contribution >= 0.6 is 11.3 Å². The molecule has 0 bridgehead atoms. The fraction of sp³-hybridized carbons (Fsp3) is 0.333. The number of nitriles is 1. The van der Waals surface area contributed by atoms with E-state index in [1.54, 1.807) is 12.1 Å². The lowest BCUT2D eigenvalue weighted by atomic mass is 9.85. The molecule has 0 unspecified atom stereocenters. The van der Waals surface area contributed by atoms with Gasteiger partial charge in [0.15, 0.2) is 0 Å². The molecule has 0 fully saturated rings. The van der Waals surface area contributed by atoms with Crippen molar-refractivity contribution in [2.75, 3.05) is 6.54 Å². The number of benzene rings is 2. The van der Waals surface area contributed by atoms with E-state index in [2.05, 4.69) is 27.6 Å². The lowest BCUT2D eigenvalue weighted by Gasteiger charge is -2.27.